The number of piperidine rings is 1. The Hall–Kier alpha value is -1.89. The number of aliphatic carboxylic acids is 1. The molecule has 1 aliphatic rings. The molecule has 1 saturated heterocycles. The third-order valence-corrected chi connectivity index (χ3v) is 6.33. The third-order valence-electron chi connectivity index (χ3n) is 6.33. The van der Waals surface area contributed by atoms with Crippen molar-refractivity contribution < 1.29 is 19.5 Å². The first-order valence-corrected chi connectivity index (χ1v) is 12.0. The van der Waals surface area contributed by atoms with Crippen molar-refractivity contribution in [1.82, 2.24) is 15.1 Å². The average molecular weight is 452 g/mol. The van der Waals surface area contributed by atoms with Gasteiger partial charge in [0.05, 0.1) is 12.1 Å². The fraction of sp³-hybridized carbons (Fsp3) is 0.800. The maximum Gasteiger partial charge on any atom is 0.331 e. The first-order valence-electron chi connectivity index (χ1n) is 12.0. The number of hydrogen-bond donors (Lipinski definition) is 2. The van der Waals surface area contributed by atoms with Crippen LogP contribution in [0.5, 0.6) is 0 Å². The minimum Gasteiger partial charge on any atom is -0.478 e. The molecule has 184 valence electrons. The van der Waals surface area contributed by atoms with E-state index in [2.05, 4.69) is 24.1 Å². The summed E-state index contributed by atoms with van der Waals surface area (Å²) in [7, 11) is 0. The van der Waals surface area contributed by atoms with Gasteiger partial charge in [0.25, 0.3) is 0 Å². The molecule has 1 fully saturated rings. The topological polar surface area (TPSA) is 90.0 Å². The monoisotopic (exact) mass is 451 g/mol. The normalized spacial score (nSPS) is 20.2. The summed E-state index contributed by atoms with van der Waals surface area (Å²) in [6, 6.07) is -1.04. The van der Waals surface area contributed by atoms with E-state index < -0.39 is 17.4 Å². The van der Waals surface area contributed by atoms with Gasteiger partial charge in [-0.25, -0.2) is 4.79 Å². The molecular formula is C25H45N3O4. The fourth-order valence-corrected chi connectivity index (χ4v) is 4.39. The molecule has 7 nitrogen and oxygen atoms in total. The lowest BCUT2D eigenvalue weighted by Crippen LogP contribution is -2.61. The molecule has 32 heavy (non-hydrogen) atoms. The van der Waals surface area contributed by atoms with Crippen molar-refractivity contribution in [2.75, 3.05) is 13.1 Å². The lowest BCUT2D eigenvalue weighted by molar-refractivity contribution is -0.143. The molecule has 1 heterocycles. The zero-order valence-corrected chi connectivity index (χ0v) is 21.6. The number of rotatable bonds is 9. The Morgan fingerprint density at radius 1 is 1.16 bits per heavy atom. The van der Waals surface area contributed by atoms with Crippen LogP contribution < -0.4 is 5.32 Å². The maximum absolute atomic E-state index is 13.8. The second-order valence-corrected chi connectivity index (χ2v) is 10.7. The minimum atomic E-state index is -0.995. The van der Waals surface area contributed by atoms with Gasteiger partial charge in [-0.3, -0.25) is 14.5 Å². The number of carboxylic acid groups (broad SMARTS) is 1. The number of nitrogens with zero attached hydrogens (tertiary/aromatic N) is 2. The maximum atomic E-state index is 13.8. The lowest BCUT2D eigenvalue weighted by Gasteiger charge is -2.41. The highest BCUT2D eigenvalue weighted by Gasteiger charge is 2.40. The fourth-order valence-electron chi connectivity index (χ4n) is 4.39. The highest BCUT2D eigenvalue weighted by molar-refractivity contribution is 5.91. The van der Waals surface area contributed by atoms with Gasteiger partial charge in [-0.2, -0.15) is 0 Å². The Morgan fingerprint density at radius 2 is 1.75 bits per heavy atom. The Kier molecular flexibility index (Phi) is 10.4. The van der Waals surface area contributed by atoms with Gasteiger partial charge in [-0.1, -0.05) is 47.1 Å². The van der Waals surface area contributed by atoms with Crippen LogP contribution >= 0.6 is 0 Å². The van der Waals surface area contributed by atoms with Crippen LogP contribution in [0, 0.1) is 11.3 Å². The Bertz CT molecular complexity index is 694. The summed E-state index contributed by atoms with van der Waals surface area (Å²) in [5.74, 6) is -1.24. The molecule has 0 aromatic carbocycles. The van der Waals surface area contributed by atoms with Crippen molar-refractivity contribution in [3.05, 3.63) is 11.6 Å². The van der Waals surface area contributed by atoms with E-state index in [0.29, 0.717) is 6.54 Å². The van der Waals surface area contributed by atoms with E-state index in [1.165, 1.54) is 0 Å². The van der Waals surface area contributed by atoms with Crippen molar-refractivity contribution in [3.8, 4) is 0 Å². The van der Waals surface area contributed by atoms with Crippen LogP contribution in [0.25, 0.3) is 0 Å². The molecule has 1 aliphatic heterocycles. The largest absolute Gasteiger partial charge is 0.478 e. The molecule has 3 atom stereocenters. The molecule has 0 bridgehead atoms. The molecule has 0 aliphatic carbocycles. The van der Waals surface area contributed by atoms with Crippen LogP contribution in [-0.4, -0.2) is 69.9 Å². The summed E-state index contributed by atoms with van der Waals surface area (Å²) in [5.41, 5.74) is -0.286. The second kappa shape index (κ2) is 11.8. The molecule has 0 saturated carbocycles. The first-order chi connectivity index (χ1) is 14.7. The summed E-state index contributed by atoms with van der Waals surface area (Å²) in [5, 5.41) is 12.4. The van der Waals surface area contributed by atoms with Crippen LogP contribution in [0.2, 0.25) is 0 Å². The average Bonchev–Trinajstić information content (AvgIpc) is 2.69. The molecule has 0 radical (unpaired) electrons. The number of hydrogen-bond acceptors (Lipinski definition) is 4. The van der Waals surface area contributed by atoms with Gasteiger partial charge in [0.2, 0.25) is 11.8 Å². The summed E-state index contributed by atoms with van der Waals surface area (Å²) < 4.78 is 0. The van der Waals surface area contributed by atoms with Gasteiger partial charge in [0.1, 0.15) is 6.04 Å². The quantitative estimate of drug-likeness (QED) is 0.522. The Morgan fingerprint density at radius 3 is 2.19 bits per heavy atom. The van der Waals surface area contributed by atoms with E-state index in [9.17, 15) is 19.5 Å². The van der Waals surface area contributed by atoms with Gasteiger partial charge in [-0.15, -0.1) is 0 Å². The van der Waals surface area contributed by atoms with E-state index in [0.717, 1.165) is 25.8 Å². The standard InChI is InChI=1S/C25H45N3O4/c1-10-27(20(16(2)3)15-18(6)24(31)32)23(30)21(25(7,8)9)26-22(29)19-13-11-12-14-28(19)17(4)5/h15-17,19-21H,10-14H2,1-9H3,(H,26,29)(H,31,32)/b18-15+/t19?,20-,21?/m1/s1. The molecule has 1 rings (SSSR count). The summed E-state index contributed by atoms with van der Waals surface area (Å²) >= 11 is 0. The zero-order chi connectivity index (χ0) is 24.8. The van der Waals surface area contributed by atoms with Gasteiger partial charge in [-0.05, 0) is 58.4 Å². The van der Waals surface area contributed by atoms with Crippen molar-refractivity contribution in [1.29, 1.82) is 0 Å². The number of amides is 2. The lowest BCUT2D eigenvalue weighted by atomic mass is 9.84. The number of carbonyl (C=O) groups is 3. The SMILES string of the molecule is CCN(C(=O)C(NC(=O)C1CCCCN1C(C)C)C(C)(C)C)[C@H](/C=C(\C)C(=O)O)C(C)C. The van der Waals surface area contributed by atoms with Crippen LogP contribution in [0.15, 0.2) is 11.6 Å². The highest BCUT2D eigenvalue weighted by atomic mass is 16.4. The van der Waals surface area contributed by atoms with E-state index in [1.807, 2.05) is 41.5 Å². The van der Waals surface area contributed by atoms with Gasteiger partial charge < -0.3 is 15.3 Å². The summed E-state index contributed by atoms with van der Waals surface area (Å²) in [6.07, 6.45) is 4.53. The molecule has 0 aromatic heterocycles. The van der Waals surface area contributed by atoms with Crippen LogP contribution in [0.1, 0.15) is 81.6 Å². The predicted molar refractivity (Wildman–Crippen MR) is 128 cm³/mol. The molecule has 2 amide bonds. The van der Waals surface area contributed by atoms with E-state index in [-0.39, 0.29) is 41.4 Å². The van der Waals surface area contributed by atoms with E-state index in [4.69, 9.17) is 0 Å². The first kappa shape index (κ1) is 28.1. The van der Waals surface area contributed by atoms with E-state index >= 15 is 0 Å². The number of nitrogens with one attached hydrogen (secondary N) is 1. The number of likely N-dealkylation sites (tertiary alicyclic amines) is 1. The predicted octanol–water partition coefficient (Wildman–Crippen LogP) is 3.68. The van der Waals surface area contributed by atoms with Gasteiger partial charge in [0, 0.05) is 18.2 Å². The van der Waals surface area contributed by atoms with Crippen molar-refractivity contribution in [3.63, 3.8) is 0 Å². The number of carboxylic acids is 1. The van der Waals surface area contributed by atoms with Gasteiger partial charge >= 0.3 is 5.97 Å². The van der Waals surface area contributed by atoms with Crippen molar-refractivity contribution in [2.45, 2.75) is 106 Å². The van der Waals surface area contributed by atoms with Crippen molar-refractivity contribution in [2.24, 2.45) is 11.3 Å². The molecule has 0 spiro atoms. The highest BCUT2D eigenvalue weighted by Crippen LogP contribution is 2.26. The summed E-state index contributed by atoms with van der Waals surface area (Å²) in [4.78, 5) is 42.4. The van der Waals surface area contributed by atoms with Gasteiger partial charge in [0.15, 0.2) is 0 Å². The smallest absolute Gasteiger partial charge is 0.331 e. The van der Waals surface area contributed by atoms with E-state index in [1.54, 1.807) is 17.9 Å². The third kappa shape index (κ3) is 7.32. The molecule has 0 aromatic rings. The zero-order valence-electron chi connectivity index (χ0n) is 21.6. The number of likely N-dealkylation sites (N-methyl/N-ethyl adjacent to an activating group) is 1. The molecule has 2 unspecified atom stereocenters. The van der Waals surface area contributed by atoms with Crippen LogP contribution in [-0.2, 0) is 14.4 Å². The Balaban J connectivity index is 3.24. The van der Waals surface area contributed by atoms with Crippen LogP contribution in [0.4, 0.5) is 0 Å². The molecule has 7 heteroatoms. The number of carbonyl (C=O) groups excluding carboxylic acids is 2. The second-order valence-electron chi connectivity index (χ2n) is 10.7. The molecular weight excluding hydrogens is 406 g/mol. The van der Waals surface area contributed by atoms with Crippen LogP contribution in [0.3, 0.4) is 0 Å². The minimum absolute atomic E-state index is 0.0271. The summed E-state index contributed by atoms with van der Waals surface area (Å²) in [6.45, 7) is 18.7. The molecule has 2 N–H and O–H groups in total. The van der Waals surface area contributed by atoms with Crippen molar-refractivity contribution >= 4 is 17.8 Å². The Labute approximate surface area is 194 Å².